The van der Waals surface area contributed by atoms with E-state index in [1.54, 1.807) is 0 Å². The molecule has 36 heavy (non-hydrogen) atoms. The average Bonchev–Trinajstić information content (AvgIpc) is 3.35. The zero-order valence-corrected chi connectivity index (χ0v) is 21.5. The van der Waals surface area contributed by atoms with E-state index in [1.807, 2.05) is 60.9 Å². The van der Waals surface area contributed by atoms with Crippen LogP contribution in [0.5, 0.6) is 0 Å². The Kier molecular flexibility index (Phi) is 6.28. The predicted molar refractivity (Wildman–Crippen MR) is 146 cm³/mol. The third-order valence-corrected chi connectivity index (χ3v) is 6.80. The van der Waals surface area contributed by atoms with E-state index in [-0.39, 0.29) is 18.0 Å². The summed E-state index contributed by atoms with van der Waals surface area (Å²) in [5.74, 6) is 0.789. The molecule has 0 radical (unpaired) electrons. The minimum Gasteiger partial charge on any atom is -0.351 e. The molecule has 5 rings (SSSR count). The monoisotopic (exact) mass is 496 g/mol. The molecule has 0 saturated carbocycles. The topological polar surface area (TPSA) is 75.1 Å². The largest absolute Gasteiger partial charge is 0.351 e. The van der Waals surface area contributed by atoms with Crippen LogP contribution in [-0.4, -0.2) is 25.6 Å². The van der Waals surface area contributed by atoms with E-state index in [0.29, 0.717) is 5.11 Å². The minimum atomic E-state index is -0.145. The number of amides is 1. The van der Waals surface area contributed by atoms with Crippen molar-refractivity contribution >= 4 is 34.6 Å². The van der Waals surface area contributed by atoms with Gasteiger partial charge in [-0.2, -0.15) is 0 Å². The first-order chi connectivity index (χ1) is 17.3. The van der Waals surface area contributed by atoms with E-state index in [1.165, 1.54) is 6.92 Å². The first-order valence-electron chi connectivity index (χ1n) is 11.8. The molecule has 0 unspecified atom stereocenters. The molecular formula is C28H28N6OS. The Morgan fingerprint density at radius 3 is 2.44 bits per heavy atom. The zero-order valence-electron chi connectivity index (χ0n) is 20.7. The van der Waals surface area contributed by atoms with Crippen molar-refractivity contribution in [2.75, 3.05) is 10.2 Å². The van der Waals surface area contributed by atoms with Crippen molar-refractivity contribution in [2.45, 2.75) is 39.8 Å². The van der Waals surface area contributed by atoms with Crippen LogP contribution in [-0.2, 0) is 4.79 Å². The van der Waals surface area contributed by atoms with Crippen LogP contribution in [0.15, 0.2) is 73.1 Å². The summed E-state index contributed by atoms with van der Waals surface area (Å²) in [6.07, 6.45) is 3.65. The summed E-state index contributed by atoms with van der Waals surface area (Å²) in [6.45, 7) is 7.80. The van der Waals surface area contributed by atoms with Crippen LogP contribution in [0.1, 0.15) is 47.2 Å². The van der Waals surface area contributed by atoms with E-state index < -0.39 is 0 Å². The first-order valence-corrected chi connectivity index (χ1v) is 12.2. The van der Waals surface area contributed by atoms with E-state index in [9.17, 15) is 4.79 Å². The third kappa shape index (κ3) is 4.35. The molecule has 1 fully saturated rings. The highest BCUT2D eigenvalue weighted by molar-refractivity contribution is 7.80. The van der Waals surface area contributed by atoms with Gasteiger partial charge in [-0.3, -0.25) is 9.78 Å². The maximum Gasteiger partial charge on any atom is 0.221 e. The number of nitrogens with zero attached hydrogens (tertiary/aromatic N) is 4. The molecule has 1 saturated heterocycles. The van der Waals surface area contributed by atoms with Crippen LogP contribution in [0.3, 0.4) is 0 Å². The standard InChI is InChI=1S/C28H28N6OS/c1-17-12-14-30-25(15-17)33-18(2)16-23(19(33)3)27-26(24-7-5-6-13-29-24)32-28(36)34(27)22-10-8-21(9-11-22)31-20(4)35/h5-16,26-27H,1-4H3,(H,31,35)(H,32,36)/t26-,27+/m1/s1. The van der Waals surface area contributed by atoms with E-state index in [4.69, 9.17) is 12.2 Å². The smallest absolute Gasteiger partial charge is 0.221 e. The van der Waals surface area contributed by atoms with Gasteiger partial charge in [-0.1, -0.05) is 6.07 Å². The van der Waals surface area contributed by atoms with Crippen molar-refractivity contribution < 1.29 is 4.79 Å². The van der Waals surface area contributed by atoms with Gasteiger partial charge < -0.3 is 20.1 Å². The maximum atomic E-state index is 11.5. The second-order valence-electron chi connectivity index (χ2n) is 9.08. The van der Waals surface area contributed by atoms with Gasteiger partial charge in [-0.25, -0.2) is 4.98 Å². The second-order valence-corrected chi connectivity index (χ2v) is 9.46. The van der Waals surface area contributed by atoms with Crippen LogP contribution >= 0.6 is 12.2 Å². The number of carbonyl (C=O) groups excluding carboxylic acids is 1. The fourth-order valence-corrected chi connectivity index (χ4v) is 5.29. The van der Waals surface area contributed by atoms with Gasteiger partial charge in [0.05, 0.1) is 17.8 Å². The number of carbonyl (C=O) groups is 1. The third-order valence-electron chi connectivity index (χ3n) is 6.48. The Hall–Kier alpha value is -4.04. The molecule has 4 aromatic rings. The number of hydrogen-bond acceptors (Lipinski definition) is 4. The quantitative estimate of drug-likeness (QED) is 0.364. The van der Waals surface area contributed by atoms with Gasteiger partial charge in [0.2, 0.25) is 5.91 Å². The summed E-state index contributed by atoms with van der Waals surface area (Å²) in [7, 11) is 0. The van der Waals surface area contributed by atoms with Gasteiger partial charge in [0, 0.05) is 42.1 Å². The summed E-state index contributed by atoms with van der Waals surface area (Å²) in [4.78, 5) is 22.9. The van der Waals surface area contributed by atoms with Gasteiger partial charge in [-0.15, -0.1) is 0 Å². The lowest BCUT2D eigenvalue weighted by molar-refractivity contribution is -0.114. The van der Waals surface area contributed by atoms with E-state index in [0.717, 1.165) is 45.4 Å². The van der Waals surface area contributed by atoms with Crippen LogP contribution < -0.4 is 15.5 Å². The van der Waals surface area contributed by atoms with Crippen molar-refractivity contribution in [2.24, 2.45) is 0 Å². The van der Waals surface area contributed by atoms with Crippen molar-refractivity contribution in [3.63, 3.8) is 0 Å². The highest BCUT2D eigenvalue weighted by Gasteiger charge is 2.42. The van der Waals surface area contributed by atoms with Crippen LogP contribution in [0.4, 0.5) is 11.4 Å². The van der Waals surface area contributed by atoms with Gasteiger partial charge in [0.15, 0.2) is 5.11 Å². The normalized spacial score (nSPS) is 17.2. The second kappa shape index (κ2) is 9.54. The molecule has 0 bridgehead atoms. The first kappa shape index (κ1) is 23.7. The molecule has 0 spiro atoms. The molecule has 182 valence electrons. The Morgan fingerprint density at radius 2 is 1.78 bits per heavy atom. The SMILES string of the molecule is CC(=O)Nc1ccc(N2C(=S)N[C@H](c3ccccn3)[C@@H]2c2cc(C)n(-c3cc(C)ccn3)c2C)cc1. The molecule has 1 aliphatic heterocycles. The molecule has 1 amide bonds. The van der Waals surface area contributed by atoms with Crippen LogP contribution in [0.2, 0.25) is 0 Å². The number of thiocarbonyl (C=S) groups is 1. The molecular weight excluding hydrogens is 468 g/mol. The minimum absolute atomic E-state index is 0.105. The van der Waals surface area contributed by atoms with Gasteiger partial charge in [0.1, 0.15) is 5.82 Å². The average molecular weight is 497 g/mol. The summed E-state index contributed by atoms with van der Waals surface area (Å²) in [5.41, 5.74) is 7.09. The van der Waals surface area contributed by atoms with E-state index >= 15 is 0 Å². The summed E-state index contributed by atoms with van der Waals surface area (Å²) >= 11 is 5.87. The van der Waals surface area contributed by atoms with Crippen LogP contribution in [0, 0.1) is 20.8 Å². The molecule has 2 N–H and O–H groups in total. The highest BCUT2D eigenvalue weighted by Crippen LogP contribution is 2.43. The zero-order chi connectivity index (χ0) is 25.4. The molecule has 2 atom stereocenters. The number of benzene rings is 1. The molecule has 4 heterocycles. The lowest BCUT2D eigenvalue weighted by Crippen LogP contribution is -2.29. The van der Waals surface area contributed by atoms with Crippen molar-refractivity contribution in [3.05, 3.63) is 101 Å². The number of rotatable bonds is 5. The fourth-order valence-electron chi connectivity index (χ4n) is 4.94. The lowest BCUT2D eigenvalue weighted by atomic mass is 9.96. The Bertz CT molecular complexity index is 1430. The number of aromatic nitrogens is 3. The van der Waals surface area contributed by atoms with Gasteiger partial charge in [-0.05, 0) is 98.7 Å². The Balaban J connectivity index is 1.63. The lowest BCUT2D eigenvalue weighted by Gasteiger charge is -2.28. The van der Waals surface area contributed by atoms with Gasteiger partial charge in [0.25, 0.3) is 0 Å². The molecule has 1 aliphatic rings. The molecule has 1 aromatic carbocycles. The number of anilines is 2. The molecule has 8 heteroatoms. The number of hydrogen-bond donors (Lipinski definition) is 2. The summed E-state index contributed by atoms with van der Waals surface area (Å²) in [6, 6.07) is 19.7. The maximum absolute atomic E-state index is 11.5. The highest BCUT2D eigenvalue weighted by atomic mass is 32.1. The molecule has 0 aliphatic carbocycles. The fraction of sp³-hybridized carbons (Fsp3) is 0.214. The van der Waals surface area contributed by atoms with Crippen molar-refractivity contribution in [3.8, 4) is 5.82 Å². The predicted octanol–water partition coefficient (Wildman–Crippen LogP) is 5.33. The van der Waals surface area contributed by atoms with Gasteiger partial charge >= 0.3 is 0 Å². The number of nitrogens with one attached hydrogen (secondary N) is 2. The summed E-state index contributed by atoms with van der Waals surface area (Å²) < 4.78 is 2.19. The number of aryl methyl sites for hydroxylation is 2. The summed E-state index contributed by atoms with van der Waals surface area (Å²) in [5, 5.41) is 6.97. The van der Waals surface area contributed by atoms with Crippen LogP contribution in [0.25, 0.3) is 5.82 Å². The molecule has 7 nitrogen and oxygen atoms in total. The Morgan fingerprint density at radius 1 is 1.00 bits per heavy atom. The van der Waals surface area contributed by atoms with Crippen molar-refractivity contribution in [1.82, 2.24) is 19.9 Å². The molecule has 3 aromatic heterocycles. The number of pyridine rings is 2. The van der Waals surface area contributed by atoms with E-state index in [2.05, 4.69) is 63.0 Å². The van der Waals surface area contributed by atoms with Crippen molar-refractivity contribution in [1.29, 1.82) is 0 Å². The Labute approximate surface area is 216 Å².